The number of halogens is 1. The summed E-state index contributed by atoms with van der Waals surface area (Å²) in [5, 5.41) is 3.45. The van der Waals surface area contributed by atoms with Gasteiger partial charge in [-0.1, -0.05) is 12.5 Å². The predicted octanol–water partition coefficient (Wildman–Crippen LogP) is 2.90. The van der Waals surface area contributed by atoms with Crippen molar-refractivity contribution < 1.29 is 0 Å². The first-order valence-electron chi connectivity index (χ1n) is 5.13. The Balaban J connectivity index is 1.97. The highest BCUT2D eigenvalue weighted by Crippen LogP contribution is 2.28. The largest absolute Gasteiger partial charge is 0.367 e. The number of aromatic nitrogens is 1. The van der Waals surface area contributed by atoms with Crippen LogP contribution in [0.4, 0.5) is 5.82 Å². The van der Waals surface area contributed by atoms with Gasteiger partial charge in [0.1, 0.15) is 5.82 Å². The summed E-state index contributed by atoms with van der Waals surface area (Å²) in [5.41, 5.74) is 0. The van der Waals surface area contributed by atoms with Crippen molar-refractivity contribution in [2.45, 2.75) is 25.3 Å². The first-order chi connectivity index (χ1) is 6.90. The van der Waals surface area contributed by atoms with E-state index in [2.05, 4.69) is 10.3 Å². The Bertz CT molecular complexity index is 276. The van der Waals surface area contributed by atoms with Crippen molar-refractivity contribution in [3.05, 3.63) is 24.4 Å². The third-order valence-corrected chi connectivity index (χ3v) is 3.25. The Kier molecular flexibility index (Phi) is 3.25. The van der Waals surface area contributed by atoms with E-state index in [1.54, 1.807) is 0 Å². The van der Waals surface area contributed by atoms with Gasteiger partial charge in [-0.3, -0.25) is 0 Å². The second kappa shape index (κ2) is 4.65. The lowest BCUT2D eigenvalue weighted by molar-refractivity contribution is 0.561. The molecule has 0 bridgehead atoms. The Hall–Kier alpha value is -0.760. The number of hydrogen-bond acceptors (Lipinski definition) is 2. The third-order valence-electron chi connectivity index (χ3n) is 2.86. The van der Waals surface area contributed by atoms with Gasteiger partial charge in [-0.25, -0.2) is 4.98 Å². The second-order valence-electron chi connectivity index (χ2n) is 3.81. The van der Waals surface area contributed by atoms with Crippen LogP contribution in [-0.4, -0.2) is 16.9 Å². The summed E-state index contributed by atoms with van der Waals surface area (Å²) in [6, 6.07) is 6.45. The van der Waals surface area contributed by atoms with Crippen LogP contribution in [0.2, 0.25) is 0 Å². The molecule has 1 saturated carbocycles. The van der Waals surface area contributed by atoms with Crippen molar-refractivity contribution in [1.82, 2.24) is 4.98 Å². The van der Waals surface area contributed by atoms with Crippen LogP contribution in [0.25, 0.3) is 0 Å². The topological polar surface area (TPSA) is 24.9 Å². The van der Waals surface area contributed by atoms with E-state index in [1.807, 2.05) is 24.4 Å². The molecule has 2 nitrogen and oxygen atoms in total. The molecular weight excluding hydrogens is 196 g/mol. The predicted molar refractivity (Wildman–Crippen MR) is 59.7 cm³/mol. The zero-order chi connectivity index (χ0) is 9.80. The minimum absolute atomic E-state index is 0.516. The van der Waals surface area contributed by atoms with Crippen LogP contribution in [0.5, 0.6) is 0 Å². The van der Waals surface area contributed by atoms with E-state index in [-0.39, 0.29) is 0 Å². The van der Waals surface area contributed by atoms with E-state index >= 15 is 0 Å². The summed E-state index contributed by atoms with van der Waals surface area (Å²) in [7, 11) is 0. The number of hydrogen-bond donors (Lipinski definition) is 1. The lowest BCUT2D eigenvalue weighted by atomic mass is 10.1. The average molecular weight is 211 g/mol. The quantitative estimate of drug-likeness (QED) is 0.777. The molecule has 2 unspecified atom stereocenters. The van der Waals surface area contributed by atoms with Gasteiger partial charge < -0.3 is 5.32 Å². The first kappa shape index (κ1) is 9.78. The second-order valence-corrected chi connectivity index (χ2v) is 4.12. The number of rotatable bonds is 3. The molecule has 76 valence electrons. The number of nitrogens with zero attached hydrogens (tertiary/aromatic N) is 1. The molecule has 1 fully saturated rings. The van der Waals surface area contributed by atoms with Crippen LogP contribution in [-0.2, 0) is 0 Å². The summed E-state index contributed by atoms with van der Waals surface area (Å²) < 4.78 is 0. The molecule has 14 heavy (non-hydrogen) atoms. The zero-order valence-electron chi connectivity index (χ0n) is 8.12. The number of nitrogens with one attached hydrogen (secondary N) is 1. The van der Waals surface area contributed by atoms with E-state index in [0.29, 0.717) is 12.0 Å². The molecule has 0 aliphatic heterocycles. The number of anilines is 1. The van der Waals surface area contributed by atoms with Gasteiger partial charge in [-0.15, -0.1) is 11.6 Å². The molecule has 1 aromatic heterocycles. The lowest BCUT2D eigenvalue weighted by Crippen LogP contribution is -2.25. The summed E-state index contributed by atoms with van der Waals surface area (Å²) in [5.74, 6) is 2.33. The molecular formula is C11H15ClN2. The molecule has 3 heteroatoms. The van der Waals surface area contributed by atoms with E-state index in [0.717, 1.165) is 11.7 Å². The van der Waals surface area contributed by atoms with E-state index < -0.39 is 0 Å². The highest BCUT2D eigenvalue weighted by Gasteiger charge is 2.26. The highest BCUT2D eigenvalue weighted by molar-refractivity contribution is 6.18. The fourth-order valence-electron chi connectivity index (χ4n) is 2.05. The summed E-state index contributed by atoms with van der Waals surface area (Å²) in [6.45, 7) is 0. The standard InChI is InChI=1S/C11H15ClN2/c12-8-9-4-3-5-10(9)14-11-6-1-2-7-13-11/h1-2,6-7,9-10H,3-5,8H2,(H,13,14). The Morgan fingerprint density at radius 2 is 2.36 bits per heavy atom. The normalized spacial score (nSPS) is 26.4. The van der Waals surface area contributed by atoms with Gasteiger partial charge in [0.15, 0.2) is 0 Å². The van der Waals surface area contributed by atoms with Crippen LogP contribution < -0.4 is 5.32 Å². The Labute approximate surface area is 89.7 Å². The van der Waals surface area contributed by atoms with Gasteiger partial charge >= 0.3 is 0 Å². The van der Waals surface area contributed by atoms with Crippen LogP contribution in [0.15, 0.2) is 24.4 Å². The molecule has 2 atom stereocenters. The first-order valence-corrected chi connectivity index (χ1v) is 5.67. The zero-order valence-corrected chi connectivity index (χ0v) is 8.87. The third kappa shape index (κ3) is 2.18. The molecule has 1 aliphatic carbocycles. The molecule has 1 heterocycles. The van der Waals surface area contributed by atoms with Gasteiger partial charge in [0.25, 0.3) is 0 Å². The van der Waals surface area contributed by atoms with Crippen molar-refractivity contribution in [3.8, 4) is 0 Å². The number of pyridine rings is 1. The molecule has 0 spiro atoms. The van der Waals surface area contributed by atoms with Crippen molar-refractivity contribution in [3.63, 3.8) is 0 Å². The maximum Gasteiger partial charge on any atom is 0.126 e. The van der Waals surface area contributed by atoms with Crippen LogP contribution in [0.1, 0.15) is 19.3 Å². The van der Waals surface area contributed by atoms with Crippen molar-refractivity contribution in [2.75, 3.05) is 11.2 Å². The van der Waals surface area contributed by atoms with Gasteiger partial charge in [0.2, 0.25) is 0 Å². The van der Waals surface area contributed by atoms with Crippen molar-refractivity contribution >= 4 is 17.4 Å². The Morgan fingerprint density at radius 1 is 1.43 bits per heavy atom. The molecule has 0 aromatic carbocycles. The maximum absolute atomic E-state index is 5.91. The Morgan fingerprint density at radius 3 is 3.07 bits per heavy atom. The summed E-state index contributed by atoms with van der Waals surface area (Å²) in [6.07, 6.45) is 5.55. The smallest absolute Gasteiger partial charge is 0.126 e. The van der Waals surface area contributed by atoms with E-state index in [9.17, 15) is 0 Å². The van der Waals surface area contributed by atoms with Gasteiger partial charge in [0.05, 0.1) is 0 Å². The maximum atomic E-state index is 5.91. The van der Waals surface area contributed by atoms with Crippen molar-refractivity contribution in [1.29, 1.82) is 0 Å². The summed E-state index contributed by atoms with van der Waals surface area (Å²) in [4.78, 5) is 4.26. The minimum atomic E-state index is 0.516. The fourth-order valence-corrected chi connectivity index (χ4v) is 2.42. The molecule has 1 aromatic rings. The molecule has 0 radical (unpaired) electrons. The van der Waals surface area contributed by atoms with Gasteiger partial charge in [-0.2, -0.15) is 0 Å². The minimum Gasteiger partial charge on any atom is -0.367 e. The monoisotopic (exact) mass is 210 g/mol. The van der Waals surface area contributed by atoms with Gasteiger partial charge in [-0.05, 0) is 30.9 Å². The SMILES string of the molecule is ClCC1CCCC1Nc1ccccn1. The van der Waals surface area contributed by atoms with Gasteiger partial charge in [0, 0.05) is 18.1 Å². The van der Waals surface area contributed by atoms with Crippen LogP contribution in [0, 0.1) is 5.92 Å². The van der Waals surface area contributed by atoms with Crippen LogP contribution in [0.3, 0.4) is 0 Å². The average Bonchev–Trinajstić information content (AvgIpc) is 2.67. The number of alkyl halides is 1. The van der Waals surface area contributed by atoms with Crippen molar-refractivity contribution in [2.24, 2.45) is 5.92 Å². The summed E-state index contributed by atoms with van der Waals surface area (Å²) >= 11 is 5.91. The van der Waals surface area contributed by atoms with E-state index in [1.165, 1.54) is 19.3 Å². The lowest BCUT2D eigenvalue weighted by Gasteiger charge is -2.19. The molecule has 1 N–H and O–H groups in total. The fraction of sp³-hybridized carbons (Fsp3) is 0.545. The van der Waals surface area contributed by atoms with E-state index in [4.69, 9.17) is 11.6 Å². The molecule has 2 rings (SSSR count). The highest BCUT2D eigenvalue weighted by atomic mass is 35.5. The molecule has 1 aliphatic rings. The molecule has 0 saturated heterocycles. The van der Waals surface area contributed by atoms with Crippen LogP contribution >= 0.6 is 11.6 Å². The molecule has 0 amide bonds.